The molecule has 0 heterocycles. The molecule has 0 saturated carbocycles. The van der Waals surface area contributed by atoms with Crippen molar-refractivity contribution in [2.24, 2.45) is 0 Å². The number of anilines is 1. The van der Waals surface area contributed by atoms with Gasteiger partial charge in [0.25, 0.3) is 0 Å². The summed E-state index contributed by atoms with van der Waals surface area (Å²) in [5, 5.41) is 2.52. The molecule has 25 heavy (non-hydrogen) atoms. The average molecular weight is 368 g/mol. The van der Waals surface area contributed by atoms with Gasteiger partial charge in [-0.2, -0.15) is 0 Å². The van der Waals surface area contributed by atoms with Crippen LogP contribution in [0.2, 0.25) is 0 Å². The topological polar surface area (TPSA) is 66.5 Å². The molecular weight excluding hydrogens is 350 g/mol. The van der Waals surface area contributed by atoms with Gasteiger partial charge in [0.05, 0.1) is 24.9 Å². The molecule has 0 spiro atoms. The van der Waals surface area contributed by atoms with E-state index in [1.165, 1.54) is 36.4 Å². The van der Waals surface area contributed by atoms with Crippen molar-refractivity contribution in [3.05, 3.63) is 65.7 Å². The van der Waals surface area contributed by atoms with Crippen LogP contribution in [0.1, 0.15) is 5.56 Å². The normalized spacial score (nSPS) is 11.2. The van der Waals surface area contributed by atoms with Crippen LogP contribution in [0.15, 0.2) is 48.5 Å². The number of benzene rings is 2. The second kappa shape index (κ2) is 8.06. The first-order chi connectivity index (χ1) is 11.8. The minimum atomic E-state index is -3.72. The number of sulfonamides is 1. The van der Waals surface area contributed by atoms with Crippen molar-refractivity contribution in [3.63, 3.8) is 0 Å². The zero-order valence-electron chi connectivity index (χ0n) is 13.6. The zero-order valence-corrected chi connectivity index (χ0v) is 14.4. The number of halogens is 2. The van der Waals surface area contributed by atoms with E-state index >= 15 is 0 Å². The van der Waals surface area contributed by atoms with Crippen LogP contribution in [0.4, 0.5) is 14.5 Å². The molecular formula is C17H18F2N2O3S. The molecule has 134 valence electrons. The Hall–Kier alpha value is -2.48. The third-order valence-corrected chi connectivity index (χ3v) is 4.65. The Bertz CT molecular complexity index is 856. The van der Waals surface area contributed by atoms with Crippen molar-refractivity contribution in [2.45, 2.75) is 6.42 Å². The minimum Gasteiger partial charge on any atom is -0.354 e. The van der Waals surface area contributed by atoms with Gasteiger partial charge in [0.15, 0.2) is 0 Å². The van der Waals surface area contributed by atoms with Gasteiger partial charge in [-0.3, -0.25) is 9.10 Å². The molecule has 1 amide bonds. The fourth-order valence-electron chi connectivity index (χ4n) is 2.29. The van der Waals surface area contributed by atoms with Gasteiger partial charge in [-0.25, -0.2) is 17.2 Å². The van der Waals surface area contributed by atoms with E-state index in [1.807, 2.05) is 0 Å². The number of hydrogen-bond donors (Lipinski definition) is 1. The molecule has 0 atom stereocenters. The van der Waals surface area contributed by atoms with E-state index in [4.69, 9.17) is 0 Å². The number of amides is 1. The summed E-state index contributed by atoms with van der Waals surface area (Å²) in [5.41, 5.74) is 0.155. The fraction of sp³-hybridized carbons (Fsp3) is 0.235. The summed E-state index contributed by atoms with van der Waals surface area (Å²) in [6, 6.07) is 11.4. The zero-order chi connectivity index (χ0) is 18.4. The summed E-state index contributed by atoms with van der Waals surface area (Å²) in [4.78, 5) is 11.9. The SMILES string of the molecule is CS(=O)(=O)N(CCNC(=O)Cc1ccccc1F)c1ccccc1F. The Kier molecular flexibility index (Phi) is 6.08. The second-order valence-corrected chi connectivity index (χ2v) is 7.31. The largest absolute Gasteiger partial charge is 0.354 e. The van der Waals surface area contributed by atoms with Crippen LogP contribution in [-0.4, -0.2) is 33.7 Å². The van der Waals surface area contributed by atoms with Crippen molar-refractivity contribution in [1.29, 1.82) is 0 Å². The van der Waals surface area contributed by atoms with E-state index < -0.39 is 27.6 Å². The molecule has 0 bridgehead atoms. The first-order valence-electron chi connectivity index (χ1n) is 7.51. The molecule has 0 aliphatic heterocycles. The predicted molar refractivity (Wildman–Crippen MR) is 91.7 cm³/mol. The molecule has 0 unspecified atom stereocenters. The summed E-state index contributed by atoms with van der Waals surface area (Å²) in [6.45, 7) is -0.169. The lowest BCUT2D eigenvalue weighted by Crippen LogP contribution is -2.39. The van der Waals surface area contributed by atoms with Crippen molar-refractivity contribution in [2.75, 3.05) is 23.7 Å². The van der Waals surface area contributed by atoms with E-state index in [2.05, 4.69) is 5.32 Å². The van der Waals surface area contributed by atoms with E-state index in [-0.39, 0.29) is 30.8 Å². The number of carbonyl (C=O) groups is 1. The van der Waals surface area contributed by atoms with E-state index in [1.54, 1.807) is 6.07 Å². The van der Waals surface area contributed by atoms with Crippen molar-refractivity contribution in [1.82, 2.24) is 5.32 Å². The molecule has 0 fully saturated rings. The summed E-state index contributed by atoms with van der Waals surface area (Å²) in [5.74, 6) is -1.61. The molecule has 0 aromatic heterocycles. The maximum absolute atomic E-state index is 13.9. The summed E-state index contributed by atoms with van der Waals surface area (Å²) in [7, 11) is -3.72. The Morgan fingerprint density at radius 3 is 2.24 bits per heavy atom. The maximum atomic E-state index is 13.9. The maximum Gasteiger partial charge on any atom is 0.232 e. The Morgan fingerprint density at radius 2 is 1.64 bits per heavy atom. The number of hydrogen-bond acceptors (Lipinski definition) is 3. The Labute approximate surface area is 145 Å². The molecule has 0 saturated heterocycles. The van der Waals surface area contributed by atoms with Crippen LogP contribution in [0.3, 0.4) is 0 Å². The van der Waals surface area contributed by atoms with Gasteiger partial charge in [0.2, 0.25) is 15.9 Å². The van der Waals surface area contributed by atoms with Gasteiger partial charge < -0.3 is 5.32 Å². The van der Waals surface area contributed by atoms with Gasteiger partial charge in [-0.15, -0.1) is 0 Å². The van der Waals surface area contributed by atoms with Crippen LogP contribution < -0.4 is 9.62 Å². The fourth-order valence-corrected chi connectivity index (χ4v) is 3.22. The third-order valence-electron chi connectivity index (χ3n) is 3.47. The molecule has 2 aromatic carbocycles. The van der Waals surface area contributed by atoms with Gasteiger partial charge in [0, 0.05) is 6.54 Å². The number of rotatable bonds is 7. The highest BCUT2D eigenvalue weighted by Gasteiger charge is 2.20. The average Bonchev–Trinajstić information content (AvgIpc) is 2.54. The smallest absolute Gasteiger partial charge is 0.232 e. The lowest BCUT2D eigenvalue weighted by atomic mass is 10.1. The number of nitrogens with zero attached hydrogens (tertiary/aromatic N) is 1. The highest BCUT2D eigenvalue weighted by atomic mass is 32.2. The summed E-state index contributed by atoms with van der Waals surface area (Å²) in [6.07, 6.45) is 0.797. The number of carbonyl (C=O) groups excluding carboxylic acids is 1. The van der Waals surface area contributed by atoms with E-state index in [0.717, 1.165) is 16.6 Å². The molecule has 1 N–H and O–H groups in total. The molecule has 5 nitrogen and oxygen atoms in total. The molecule has 2 rings (SSSR count). The highest BCUT2D eigenvalue weighted by molar-refractivity contribution is 7.92. The molecule has 8 heteroatoms. The van der Waals surface area contributed by atoms with Gasteiger partial charge in [-0.05, 0) is 23.8 Å². The lowest BCUT2D eigenvalue weighted by molar-refractivity contribution is -0.120. The second-order valence-electron chi connectivity index (χ2n) is 5.40. The van der Waals surface area contributed by atoms with Crippen molar-refractivity contribution >= 4 is 21.6 Å². The Balaban J connectivity index is 1.99. The molecule has 0 aliphatic rings. The molecule has 2 aromatic rings. The van der Waals surface area contributed by atoms with Crippen LogP contribution in [0.5, 0.6) is 0 Å². The van der Waals surface area contributed by atoms with Crippen LogP contribution in [-0.2, 0) is 21.2 Å². The van der Waals surface area contributed by atoms with Crippen LogP contribution in [0, 0.1) is 11.6 Å². The predicted octanol–water partition coefficient (Wildman–Crippen LogP) is 2.09. The highest BCUT2D eigenvalue weighted by Crippen LogP contribution is 2.20. The van der Waals surface area contributed by atoms with Gasteiger partial charge in [0.1, 0.15) is 11.6 Å². The van der Waals surface area contributed by atoms with Crippen LogP contribution in [0.25, 0.3) is 0 Å². The quantitative estimate of drug-likeness (QED) is 0.814. The monoisotopic (exact) mass is 368 g/mol. The summed E-state index contributed by atoms with van der Waals surface area (Å²) < 4.78 is 52.0. The minimum absolute atomic E-state index is 0.0330. The van der Waals surface area contributed by atoms with E-state index in [9.17, 15) is 22.0 Å². The number of nitrogens with one attached hydrogen (secondary N) is 1. The standard InChI is InChI=1S/C17H18F2N2O3S/c1-25(23,24)21(16-9-5-4-8-15(16)19)11-10-20-17(22)12-13-6-2-3-7-14(13)18/h2-9H,10-12H2,1H3,(H,20,22). The van der Waals surface area contributed by atoms with Crippen molar-refractivity contribution < 1.29 is 22.0 Å². The van der Waals surface area contributed by atoms with Crippen LogP contribution >= 0.6 is 0 Å². The van der Waals surface area contributed by atoms with Crippen molar-refractivity contribution in [3.8, 4) is 0 Å². The Morgan fingerprint density at radius 1 is 1.04 bits per heavy atom. The lowest BCUT2D eigenvalue weighted by Gasteiger charge is -2.23. The molecule has 0 aliphatic carbocycles. The first-order valence-corrected chi connectivity index (χ1v) is 9.36. The van der Waals surface area contributed by atoms with Gasteiger partial charge >= 0.3 is 0 Å². The number of para-hydroxylation sites is 1. The molecule has 0 radical (unpaired) electrons. The summed E-state index contributed by atoms with van der Waals surface area (Å²) >= 11 is 0. The van der Waals surface area contributed by atoms with E-state index in [0.29, 0.717) is 0 Å². The third kappa shape index (κ3) is 5.25. The van der Waals surface area contributed by atoms with Gasteiger partial charge in [-0.1, -0.05) is 30.3 Å². The first kappa shape index (κ1) is 18.9.